The Morgan fingerprint density at radius 2 is 2.17 bits per heavy atom. The number of hydrogen-bond acceptors (Lipinski definition) is 4. The molecule has 0 aliphatic carbocycles. The van der Waals surface area contributed by atoms with Crippen molar-refractivity contribution in [2.45, 2.75) is 24.4 Å². The largest absolute Gasteiger partial charge is 0.381 e. The summed E-state index contributed by atoms with van der Waals surface area (Å²) in [6, 6.07) is 3.17. The van der Waals surface area contributed by atoms with E-state index < -0.39 is 5.54 Å². The Labute approximate surface area is 106 Å². The molecule has 1 aromatic heterocycles. The normalized spacial score (nSPS) is 23.7. The van der Waals surface area contributed by atoms with Crippen molar-refractivity contribution in [3.05, 3.63) is 18.5 Å². The van der Waals surface area contributed by atoms with E-state index in [1.54, 1.807) is 12.4 Å². The highest BCUT2D eigenvalue weighted by atomic mass is 16.5. The number of rotatable bonds is 2. The zero-order valence-corrected chi connectivity index (χ0v) is 10.2. The molecule has 6 heteroatoms. The summed E-state index contributed by atoms with van der Waals surface area (Å²) in [7, 11) is 0. The van der Waals surface area contributed by atoms with Gasteiger partial charge in [0.25, 0.3) is 0 Å². The van der Waals surface area contributed by atoms with Crippen LogP contribution in [-0.2, 0) is 9.53 Å². The van der Waals surface area contributed by atoms with Gasteiger partial charge in [0.2, 0.25) is 5.91 Å². The summed E-state index contributed by atoms with van der Waals surface area (Å²) in [5.74, 6) is 0.0539. The van der Waals surface area contributed by atoms with E-state index in [9.17, 15) is 4.79 Å². The molecule has 2 aliphatic rings. The predicted molar refractivity (Wildman–Crippen MR) is 63.7 cm³/mol. The van der Waals surface area contributed by atoms with Crippen molar-refractivity contribution in [2.75, 3.05) is 26.3 Å². The van der Waals surface area contributed by atoms with Crippen LogP contribution in [-0.4, -0.2) is 52.4 Å². The van der Waals surface area contributed by atoms with Crippen molar-refractivity contribution in [2.24, 2.45) is 5.73 Å². The van der Waals surface area contributed by atoms with Crippen LogP contribution in [0, 0.1) is 6.07 Å². The first-order valence-corrected chi connectivity index (χ1v) is 6.25. The van der Waals surface area contributed by atoms with Gasteiger partial charge in [0.1, 0.15) is 0 Å². The summed E-state index contributed by atoms with van der Waals surface area (Å²) in [5, 5.41) is 4.13. The Bertz CT molecular complexity index is 419. The minimum atomic E-state index is -0.723. The predicted octanol–water partition coefficient (Wildman–Crippen LogP) is -0.426. The van der Waals surface area contributed by atoms with Crippen molar-refractivity contribution >= 4 is 5.91 Å². The first-order valence-electron chi connectivity index (χ1n) is 6.25. The SMILES string of the molecule is NC1(C(=O)N2CC(n3c[c]cn3)C2)CCOCC1. The number of hydrogen-bond donors (Lipinski definition) is 1. The van der Waals surface area contributed by atoms with Gasteiger partial charge in [-0.15, -0.1) is 0 Å². The third-order valence-corrected chi connectivity index (χ3v) is 3.81. The number of nitrogens with two attached hydrogens (primary N) is 1. The fraction of sp³-hybridized carbons (Fsp3) is 0.667. The van der Waals surface area contributed by atoms with Crippen LogP contribution in [0.5, 0.6) is 0 Å². The van der Waals surface area contributed by atoms with Crippen LogP contribution in [0.3, 0.4) is 0 Å². The molecule has 0 atom stereocenters. The van der Waals surface area contributed by atoms with E-state index in [0.717, 1.165) is 0 Å². The van der Waals surface area contributed by atoms with Gasteiger partial charge in [-0.2, -0.15) is 5.10 Å². The zero-order chi connectivity index (χ0) is 12.6. The van der Waals surface area contributed by atoms with Crippen molar-refractivity contribution in [1.82, 2.24) is 14.7 Å². The molecule has 1 aromatic rings. The average molecular weight is 249 g/mol. The van der Waals surface area contributed by atoms with Crippen LogP contribution in [0.25, 0.3) is 0 Å². The molecule has 2 saturated heterocycles. The van der Waals surface area contributed by atoms with Crippen LogP contribution >= 0.6 is 0 Å². The summed E-state index contributed by atoms with van der Waals surface area (Å²) in [4.78, 5) is 14.1. The molecule has 18 heavy (non-hydrogen) atoms. The molecule has 1 amide bonds. The standard InChI is InChI=1S/C12H17N4O2/c13-12(2-6-18-7-3-12)11(17)15-8-10(9-15)16-5-1-4-14-16/h4-5,10H,2-3,6-9,13H2. The second-order valence-corrected chi connectivity index (χ2v) is 5.05. The van der Waals surface area contributed by atoms with Crippen LogP contribution in [0.15, 0.2) is 12.4 Å². The monoisotopic (exact) mass is 249 g/mol. The smallest absolute Gasteiger partial charge is 0.242 e. The van der Waals surface area contributed by atoms with Crippen molar-refractivity contribution in [3.8, 4) is 0 Å². The minimum absolute atomic E-state index is 0.0539. The highest BCUT2D eigenvalue weighted by molar-refractivity contribution is 5.87. The lowest BCUT2D eigenvalue weighted by Gasteiger charge is -2.44. The van der Waals surface area contributed by atoms with Crippen LogP contribution in [0.4, 0.5) is 0 Å². The number of aromatic nitrogens is 2. The first kappa shape index (κ1) is 11.7. The van der Waals surface area contributed by atoms with Crippen molar-refractivity contribution in [3.63, 3.8) is 0 Å². The molecular weight excluding hydrogens is 232 g/mol. The van der Waals surface area contributed by atoms with Crippen molar-refractivity contribution in [1.29, 1.82) is 0 Å². The second kappa shape index (κ2) is 4.37. The van der Waals surface area contributed by atoms with Gasteiger partial charge in [-0.3, -0.25) is 9.48 Å². The van der Waals surface area contributed by atoms with Gasteiger partial charge in [-0.05, 0) is 12.8 Å². The zero-order valence-electron chi connectivity index (χ0n) is 10.2. The Morgan fingerprint density at radius 1 is 1.44 bits per heavy atom. The topological polar surface area (TPSA) is 73.4 Å². The van der Waals surface area contributed by atoms with Crippen LogP contribution in [0.2, 0.25) is 0 Å². The Morgan fingerprint density at radius 3 is 2.78 bits per heavy atom. The summed E-state index contributed by atoms with van der Waals surface area (Å²) in [5.41, 5.74) is 5.45. The van der Waals surface area contributed by atoms with Crippen molar-refractivity contribution < 1.29 is 9.53 Å². The van der Waals surface area contributed by atoms with Gasteiger partial charge in [0.15, 0.2) is 0 Å². The summed E-state index contributed by atoms with van der Waals surface area (Å²) < 4.78 is 7.10. The van der Waals surface area contributed by atoms with E-state index in [1.165, 1.54) is 0 Å². The number of ether oxygens (including phenoxy) is 1. The molecule has 3 heterocycles. The van der Waals surface area contributed by atoms with Gasteiger partial charge in [-0.1, -0.05) is 0 Å². The van der Waals surface area contributed by atoms with Gasteiger partial charge >= 0.3 is 0 Å². The summed E-state index contributed by atoms with van der Waals surface area (Å²) in [6.07, 6.45) is 4.66. The van der Waals surface area contributed by atoms with E-state index in [4.69, 9.17) is 10.5 Å². The minimum Gasteiger partial charge on any atom is -0.381 e. The average Bonchev–Trinajstić information content (AvgIpc) is 2.81. The lowest BCUT2D eigenvalue weighted by atomic mass is 9.88. The molecule has 97 valence electrons. The Kier molecular flexibility index (Phi) is 2.83. The van der Waals surface area contributed by atoms with E-state index in [1.807, 2.05) is 9.58 Å². The molecule has 3 rings (SSSR count). The molecule has 6 nitrogen and oxygen atoms in total. The van der Waals surface area contributed by atoms with Crippen LogP contribution < -0.4 is 5.73 Å². The molecule has 1 radical (unpaired) electrons. The Balaban J connectivity index is 1.59. The first-order chi connectivity index (χ1) is 8.69. The van der Waals surface area contributed by atoms with Gasteiger partial charge in [0.05, 0.1) is 17.8 Å². The molecule has 0 saturated carbocycles. The summed E-state index contributed by atoms with van der Waals surface area (Å²) in [6.45, 7) is 2.53. The fourth-order valence-corrected chi connectivity index (χ4v) is 2.50. The maximum Gasteiger partial charge on any atom is 0.242 e. The van der Waals surface area contributed by atoms with E-state index in [0.29, 0.717) is 39.1 Å². The maximum atomic E-state index is 12.3. The van der Waals surface area contributed by atoms with Gasteiger partial charge in [-0.25, -0.2) is 0 Å². The molecule has 0 aromatic carbocycles. The fourth-order valence-electron chi connectivity index (χ4n) is 2.50. The molecule has 0 bridgehead atoms. The summed E-state index contributed by atoms with van der Waals surface area (Å²) >= 11 is 0. The molecule has 2 aliphatic heterocycles. The molecular formula is C12H17N4O2. The third-order valence-electron chi connectivity index (χ3n) is 3.81. The number of nitrogens with zero attached hydrogens (tertiary/aromatic N) is 3. The molecule has 2 N–H and O–H groups in total. The third kappa shape index (κ3) is 1.91. The molecule has 0 spiro atoms. The number of carbonyl (C=O) groups is 1. The van der Waals surface area contributed by atoms with Gasteiger partial charge < -0.3 is 15.4 Å². The Hall–Kier alpha value is -1.40. The quantitative estimate of drug-likeness (QED) is 0.772. The highest BCUT2D eigenvalue weighted by Crippen LogP contribution is 2.27. The van der Waals surface area contributed by atoms with E-state index in [-0.39, 0.29) is 11.9 Å². The maximum absolute atomic E-state index is 12.3. The van der Waals surface area contributed by atoms with E-state index >= 15 is 0 Å². The lowest BCUT2D eigenvalue weighted by Crippen LogP contribution is -2.63. The molecule has 0 unspecified atom stereocenters. The number of carbonyl (C=O) groups excluding carboxylic acids is 1. The van der Waals surface area contributed by atoms with Crippen LogP contribution in [0.1, 0.15) is 18.9 Å². The van der Waals surface area contributed by atoms with Gasteiger partial charge in [0, 0.05) is 38.6 Å². The second-order valence-electron chi connectivity index (χ2n) is 5.05. The number of likely N-dealkylation sites (tertiary alicyclic amines) is 1. The lowest BCUT2D eigenvalue weighted by molar-refractivity contribution is -0.146. The van der Waals surface area contributed by atoms with E-state index in [2.05, 4.69) is 11.2 Å². The highest BCUT2D eigenvalue weighted by Gasteiger charge is 2.43. The number of amides is 1. The molecule has 2 fully saturated rings.